The van der Waals surface area contributed by atoms with Crippen LogP contribution in [0, 0.1) is 5.92 Å². The van der Waals surface area contributed by atoms with Gasteiger partial charge in [-0.05, 0) is 70.3 Å². The Labute approximate surface area is 268 Å². The second kappa shape index (κ2) is 21.0. The van der Waals surface area contributed by atoms with Crippen LogP contribution in [0.2, 0.25) is 0 Å². The molecule has 4 N–H and O–H groups in total. The number of ketones is 1. The Balaban J connectivity index is 1.11. The number of hydrogen-bond acceptors (Lipinski definition) is 5. The predicted molar refractivity (Wildman–Crippen MR) is 180 cm³/mol. The Morgan fingerprint density at radius 3 is 2.41 bits per heavy atom. The fourth-order valence-electron chi connectivity index (χ4n) is 5.85. The van der Waals surface area contributed by atoms with Crippen LogP contribution < -0.4 is 21.3 Å². The normalized spacial score (nSPS) is 23.5. The Kier molecular flexibility index (Phi) is 17.0. The molecule has 44 heavy (non-hydrogen) atoms. The van der Waals surface area contributed by atoms with Crippen LogP contribution in [0.25, 0.3) is 0 Å². The standard InChI is InChI=1S/C35H54N4O4S/c1-2-3-4-5-6-11-18-28-27(22-23-30(28)40)17-10-7-8-12-20-32(41)36-24-15-9-16-25-37-33(42)21-14-13-19-31-34-29(26-44-31)38-35(43)39-34/h6-7,10-11,18,22-23,27,29,31,34H,2-5,8-9,12-17,19-21,24-26H2,1H3,(H,36,41)(H,37,42)(H2,38,39,43)/t27-,29?,31?,34?/m1/s1. The molecule has 3 rings (SSSR count). The molecule has 2 saturated heterocycles. The molecule has 0 saturated carbocycles. The first-order chi connectivity index (χ1) is 21.5. The molecule has 0 aromatic heterocycles. The van der Waals surface area contributed by atoms with Gasteiger partial charge in [0.05, 0.1) is 12.1 Å². The molecule has 2 heterocycles. The van der Waals surface area contributed by atoms with Crippen LogP contribution in [0.1, 0.15) is 103 Å². The van der Waals surface area contributed by atoms with E-state index in [1.165, 1.54) is 19.3 Å². The number of allylic oxidation sites excluding steroid dienone is 8. The third kappa shape index (κ3) is 13.4. The summed E-state index contributed by atoms with van der Waals surface area (Å²) in [6.45, 7) is 3.55. The maximum absolute atomic E-state index is 12.2. The number of urea groups is 1. The second-order valence-corrected chi connectivity index (χ2v) is 13.4. The van der Waals surface area contributed by atoms with Crippen molar-refractivity contribution in [1.29, 1.82) is 0 Å². The van der Waals surface area contributed by atoms with Crippen molar-refractivity contribution in [2.45, 2.75) is 121 Å². The lowest BCUT2D eigenvalue weighted by Crippen LogP contribution is -2.36. The van der Waals surface area contributed by atoms with Crippen LogP contribution in [0.3, 0.4) is 0 Å². The van der Waals surface area contributed by atoms with Gasteiger partial charge < -0.3 is 21.3 Å². The first kappa shape index (κ1) is 35.7. The molecule has 0 radical (unpaired) electrons. The largest absolute Gasteiger partial charge is 0.356 e. The van der Waals surface area contributed by atoms with Gasteiger partial charge in [-0.2, -0.15) is 11.8 Å². The number of rotatable bonds is 22. The molecule has 8 nitrogen and oxygen atoms in total. The monoisotopic (exact) mass is 626 g/mol. The van der Waals surface area contributed by atoms with Crippen molar-refractivity contribution in [3.63, 3.8) is 0 Å². The SMILES string of the molecule is CCCCCC=CC=C1C(=O)C=C[C@H]1CC=CCCCC(=O)NCCCCCNC(=O)CCCCC1SCC2NC(=O)NC21. The van der Waals surface area contributed by atoms with E-state index in [1.807, 2.05) is 30.0 Å². The van der Waals surface area contributed by atoms with Crippen molar-refractivity contribution in [2.24, 2.45) is 5.92 Å². The molecule has 0 spiro atoms. The lowest BCUT2D eigenvalue weighted by Gasteiger charge is -2.16. The van der Waals surface area contributed by atoms with Crippen LogP contribution in [0.4, 0.5) is 4.79 Å². The molecular formula is C35H54N4O4S. The number of carbonyl (C=O) groups excluding carboxylic acids is 4. The molecule has 9 heteroatoms. The van der Waals surface area contributed by atoms with Crippen molar-refractivity contribution < 1.29 is 19.2 Å². The molecule has 0 aromatic carbocycles. The molecule has 4 amide bonds. The van der Waals surface area contributed by atoms with E-state index in [-0.39, 0.29) is 41.6 Å². The summed E-state index contributed by atoms with van der Waals surface area (Å²) in [4.78, 5) is 47.9. The van der Waals surface area contributed by atoms with Gasteiger partial charge in [0.1, 0.15) is 0 Å². The number of carbonyl (C=O) groups is 4. The average molecular weight is 627 g/mol. The summed E-state index contributed by atoms with van der Waals surface area (Å²) in [6, 6.07) is 0.437. The molecule has 0 aromatic rings. The van der Waals surface area contributed by atoms with Gasteiger partial charge in [-0.1, -0.05) is 62.6 Å². The van der Waals surface area contributed by atoms with Crippen molar-refractivity contribution in [3.8, 4) is 0 Å². The van der Waals surface area contributed by atoms with Gasteiger partial charge in [0.25, 0.3) is 0 Å². The number of hydrogen-bond donors (Lipinski definition) is 4. The van der Waals surface area contributed by atoms with Crippen LogP contribution in [0.5, 0.6) is 0 Å². The molecule has 3 unspecified atom stereocenters. The summed E-state index contributed by atoms with van der Waals surface area (Å²) in [5.74, 6) is 1.42. The first-order valence-corrected chi connectivity index (χ1v) is 18.0. The number of unbranched alkanes of at least 4 members (excludes halogenated alkanes) is 7. The Bertz CT molecular complexity index is 1050. The van der Waals surface area contributed by atoms with E-state index in [2.05, 4.69) is 46.4 Å². The zero-order valence-electron chi connectivity index (χ0n) is 26.6. The van der Waals surface area contributed by atoms with Gasteiger partial charge >= 0.3 is 6.03 Å². The summed E-state index contributed by atoms with van der Waals surface area (Å²) in [7, 11) is 0. The third-order valence-electron chi connectivity index (χ3n) is 8.46. The van der Waals surface area contributed by atoms with E-state index in [0.717, 1.165) is 75.5 Å². The molecule has 2 aliphatic heterocycles. The Hall–Kier alpha value is -2.81. The Morgan fingerprint density at radius 1 is 0.886 bits per heavy atom. The van der Waals surface area contributed by atoms with E-state index in [9.17, 15) is 19.2 Å². The smallest absolute Gasteiger partial charge is 0.315 e. The van der Waals surface area contributed by atoms with E-state index < -0.39 is 0 Å². The van der Waals surface area contributed by atoms with Crippen molar-refractivity contribution >= 4 is 35.4 Å². The van der Waals surface area contributed by atoms with Gasteiger partial charge in [-0.3, -0.25) is 14.4 Å². The maximum Gasteiger partial charge on any atom is 0.315 e. The molecule has 0 bridgehead atoms. The quantitative estimate of drug-likeness (QED) is 0.0506. The molecule has 3 aliphatic rings. The maximum atomic E-state index is 12.2. The first-order valence-electron chi connectivity index (χ1n) is 16.9. The lowest BCUT2D eigenvalue weighted by atomic mass is 9.97. The molecular weight excluding hydrogens is 572 g/mol. The average Bonchev–Trinajstić information content (AvgIpc) is 3.68. The highest BCUT2D eigenvalue weighted by atomic mass is 32.2. The van der Waals surface area contributed by atoms with Gasteiger partial charge in [0.15, 0.2) is 5.78 Å². The molecule has 1 aliphatic carbocycles. The van der Waals surface area contributed by atoms with E-state index in [0.29, 0.717) is 31.2 Å². The zero-order chi connectivity index (χ0) is 31.4. The summed E-state index contributed by atoms with van der Waals surface area (Å²) >= 11 is 1.91. The van der Waals surface area contributed by atoms with Crippen LogP contribution >= 0.6 is 11.8 Å². The van der Waals surface area contributed by atoms with E-state index in [4.69, 9.17) is 0 Å². The number of amides is 4. The number of nitrogens with one attached hydrogen (secondary N) is 4. The summed E-state index contributed by atoms with van der Waals surface area (Å²) < 4.78 is 0. The van der Waals surface area contributed by atoms with Crippen molar-refractivity contribution in [2.75, 3.05) is 18.8 Å². The predicted octanol–water partition coefficient (Wildman–Crippen LogP) is 6.05. The molecule has 2 fully saturated rings. The fraction of sp³-hybridized carbons (Fsp3) is 0.657. The highest BCUT2D eigenvalue weighted by Crippen LogP contribution is 2.33. The molecule has 4 atom stereocenters. The number of fused-ring (bicyclic) bond motifs is 1. The second-order valence-electron chi connectivity index (χ2n) is 12.1. The zero-order valence-corrected chi connectivity index (χ0v) is 27.4. The van der Waals surface area contributed by atoms with Crippen LogP contribution in [-0.2, 0) is 14.4 Å². The highest BCUT2D eigenvalue weighted by Gasteiger charge is 2.42. The van der Waals surface area contributed by atoms with Crippen molar-refractivity contribution in [1.82, 2.24) is 21.3 Å². The van der Waals surface area contributed by atoms with E-state index in [1.54, 1.807) is 6.08 Å². The minimum Gasteiger partial charge on any atom is -0.356 e. The number of thioether (sulfide) groups is 1. The van der Waals surface area contributed by atoms with Gasteiger partial charge in [-0.15, -0.1) is 0 Å². The van der Waals surface area contributed by atoms with Crippen LogP contribution in [0.15, 0.2) is 48.1 Å². The van der Waals surface area contributed by atoms with Gasteiger partial charge in [0, 0.05) is 48.4 Å². The minimum absolute atomic E-state index is 0.0521. The highest BCUT2D eigenvalue weighted by molar-refractivity contribution is 8.00. The topological polar surface area (TPSA) is 116 Å². The van der Waals surface area contributed by atoms with E-state index >= 15 is 0 Å². The van der Waals surface area contributed by atoms with Gasteiger partial charge in [0.2, 0.25) is 11.8 Å². The molecule has 244 valence electrons. The lowest BCUT2D eigenvalue weighted by molar-refractivity contribution is -0.121. The summed E-state index contributed by atoms with van der Waals surface area (Å²) in [6.07, 6.45) is 28.0. The van der Waals surface area contributed by atoms with Crippen molar-refractivity contribution in [3.05, 3.63) is 48.1 Å². The van der Waals surface area contributed by atoms with Gasteiger partial charge in [-0.25, -0.2) is 4.79 Å². The van der Waals surface area contributed by atoms with Crippen LogP contribution in [-0.4, -0.2) is 59.8 Å². The Morgan fingerprint density at radius 2 is 1.64 bits per heavy atom. The third-order valence-corrected chi connectivity index (χ3v) is 9.97. The fourth-order valence-corrected chi connectivity index (χ4v) is 7.40. The summed E-state index contributed by atoms with van der Waals surface area (Å²) in [5.41, 5.74) is 0.867. The minimum atomic E-state index is -0.0521. The summed E-state index contributed by atoms with van der Waals surface area (Å²) in [5, 5.41) is 12.4.